The van der Waals surface area contributed by atoms with Crippen LogP contribution in [0.25, 0.3) is 0 Å². The van der Waals surface area contributed by atoms with Crippen molar-refractivity contribution in [2.45, 2.75) is 140 Å². The lowest BCUT2D eigenvalue weighted by molar-refractivity contribution is -0.141. The molecule has 1 unspecified atom stereocenters. The second-order valence-corrected chi connectivity index (χ2v) is 17.5. The van der Waals surface area contributed by atoms with E-state index in [1.165, 1.54) is 0 Å². The number of nitrogens with one attached hydrogen (secondary N) is 1. The van der Waals surface area contributed by atoms with Gasteiger partial charge in [0.1, 0.15) is 18.2 Å². The van der Waals surface area contributed by atoms with Gasteiger partial charge in [-0.25, -0.2) is 4.79 Å². The number of aliphatic carboxylic acids is 1. The number of carboxylic acids is 1. The molecule has 3 saturated heterocycles. The highest BCUT2D eigenvalue weighted by Crippen LogP contribution is 2.32. The van der Waals surface area contributed by atoms with E-state index in [-0.39, 0.29) is 60.9 Å². The summed E-state index contributed by atoms with van der Waals surface area (Å²) in [4.78, 5) is 72.9. The van der Waals surface area contributed by atoms with Crippen molar-refractivity contribution in [1.82, 2.24) is 24.9 Å². The standard InChI is InChI=1S/C42H63N5O8/c1-42(2,3)55-41(53)47(33-14-15-33)27-36(48)46-20-8-13-32(26-46)30-11-7-12-31(25-30)39(51)43-38(29-9-5-4-6-10-29)40(52)45-23-18-35(19-24-45)54-34-16-21-44(22-17-34)28-37(49)50/h7,11-12,25,29,32-35,38H,4-6,8-10,13-24,26-28H2,1-3H3,(H,43,51)(H,49,50)/t32?,38-/m1/s1. The van der Waals surface area contributed by atoms with Gasteiger partial charge in [-0.2, -0.15) is 0 Å². The first-order valence-electron chi connectivity index (χ1n) is 20.9. The molecule has 6 rings (SSSR count). The van der Waals surface area contributed by atoms with Crippen molar-refractivity contribution in [3.8, 4) is 0 Å². The van der Waals surface area contributed by atoms with Crippen molar-refractivity contribution in [2.75, 3.05) is 52.4 Å². The number of likely N-dealkylation sites (tertiary alicyclic amines) is 3. The number of carbonyl (C=O) groups is 5. The van der Waals surface area contributed by atoms with Crippen LogP contribution in [0.5, 0.6) is 0 Å². The zero-order chi connectivity index (χ0) is 39.1. The molecule has 2 aliphatic carbocycles. The van der Waals surface area contributed by atoms with Gasteiger partial charge < -0.3 is 29.7 Å². The highest BCUT2D eigenvalue weighted by Gasteiger charge is 2.39. The van der Waals surface area contributed by atoms with E-state index in [0.717, 1.165) is 102 Å². The molecule has 3 aliphatic heterocycles. The zero-order valence-corrected chi connectivity index (χ0v) is 33.2. The molecule has 0 radical (unpaired) electrons. The smallest absolute Gasteiger partial charge is 0.411 e. The molecule has 5 aliphatic rings. The normalized spacial score (nSPS) is 22.9. The molecule has 55 heavy (non-hydrogen) atoms. The first-order chi connectivity index (χ1) is 26.3. The maximum atomic E-state index is 14.2. The Balaban J connectivity index is 1.04. The minimum atomic E-state index is -0.802. The lowest BCUT2D eigenvalue weighted by Gasteiger charge is -2.39. The van der Waals surface area contributed by atoms with Gasteiger partial charge in [0, 0.05) is 56.8 Å². The van der Waals surface area contributed by atoms with Crippen molar-refractivity contribution < 1.29 is 38.6 Å². The summed E-state index contributed by atoms with van der Waals surface area (Å²) >= 11 is 0. The minimum Gasteiger partial charge on any atom is -0.480 e. The van der Waals surface area contributed by atoms with E-state index in [2.05, 4.69) is 5.32 Å². The SMILES string of the molecule is CC(C)(C)OC(=O)N(CC(=O)N1CCCC(c2cccc(C(=O)N[C@@H](C(=O)N3CCC(OC4CCN(CC(=O)O)CC4)CC3)C3CCCCC3)c2)C1)C1CC1. The van der Waals surface area contributed by atoms with Crippen LogP contribution < -0.4 is 5.32 Å². The molecule has 4 amide bonds. The number of amides is 4. The van der Waals surface area contributed by atoms with E-state index < -0.39 is 23.7 Å². The average molecular weight is 766 g/mol. The Kier molecular flexibility index (Phi) is 13.8. The van der Waals surface area contributed by atoms with Crippen LogP contribution >= 0.6 is 0 Å². The topological polar surface area (TPSA) is 149 Å². The third-order valence-corrected chi connectivity index (χ3v) is 12.0. The molecule has 2 saturated carbocycles. The molecule has 304 valence electrons. The fraction of sp³-hybridized carbons (Fsp3) is 0.738. The Bertz CT molecular complexity index is 1500. The monoisotopic (exact) mass is 765 g/mol. The van der Waals surface area contributed by atoms with Gasteiger partial charge in [0.05, 0.1) is 18.8 Å². The average Bonchev–Trinajstić information content (AvgIpc) is 4.02. The summed E-state index contributed by atoms with van der Waals surface area (Å²) in [7, 11) is 0. The minimum absolute atomic E-state index is 0.00554. The number of ether oxygens (including phenoxy) is 2. The fourth-order valence-corrected chi connectivity index (χ4v) is 8.85. The second kappa shape index (κ2) is 18.5. The number of carbonyl (C=O) groups excluding carboxylic acids is 4. The van der Waals surface area contributed by atoms with Crippen LogP contribution in [0.4, 0.5) is 4.79 Å². The van der Waals surface area contributed by atoms with Gasteiger partial charge >= 0.3 is 12.1 Å². The predicted octanol–water partition coefficient (Wildman–Crippen LogP) is 5.03. The molecule has 1 aromatic rings. The van der Waals surface area contributed by atoms with E-state index in [4.69, 9.17) is 14.6 Å². The fourth-order valence-electron chi connectivity index (χ4n) is 8.85. The quantitative estimate of drug-likeness (QED) is 0.299. The lowest BCUT2D eigenvalue weighted by Crippen LogP contribution is -2.55. The summed E-state index contributed by atoms with van der Waals surface area (Å²) in [5.74, 6) is -1.00. The molecule has 2 atom stereocenters. The van der Waals surface area contributed by atoms with Crippen LogP contribution in [0.3, 0.4) is 0 Å². The Morgan fingerprint density at radius 1 is 0.836 bits per heavy atom. The van der Waals surface area contributed by atoms with Gasteiger partial charge in [0.15, 0.2) is 0 Å². The molecular weight excluding hydrogens is 702 g/mol. The largest absolute Gasteiger partial charge is 0.480 e. The Morgan fingerprint density at radius 3 is 2.15 bits per heavy atom. The summed E-state index contributed by atoms with van der Waals surface area (Å²) in [5, 5.41) is 12.3. The summed E-state index contributed by atoms with van der Waals surface area (Å²) in [6.07, 6.45) is 11.4. The number of benzene rings is 1. The number of piperidine rings is 3. The Morgan fingerprint density at radius 2 is 1.51 bits per heavy atom. The summed E-state index contributed by atoms with van der Waals surface area (Å²) in [6, 6.07) is 7.09. The predicted molar refractivity (Wildman–Crippen MR) is 207 cm³/mol. The molecular formula is C42H63N5O8. The Labute approximate surface area is 326 Å². The highest BCUT2D eigenvalue weighted by molar-refractivity contribution is 5.98. The van der Waals surface area contributed by atoms with Crippen LogP contribution in [0.15, 0.2) is 24.3 Å². The second-order valence-electron chi connectivity index (χ2n) is 17.5. The van der Waals surface area contributed by atoms with Crippen LogP contribution in [0.1, 0.15) is 126 Å². The number of hydrogen-bond donors (Lipinski definition) is 2. The number of hydrogen-bond acceptors (Lipinski definition) is 8. The number of rotatable bonds is 12. The van der Waals surface area contributed by atoms with Crippen molar-refractivity contribution in [3.05, 3.63) is 35.4 Å². The van der Waals surface area contributed by atoms with E-state index in [1.54, 1.807) is 11.0 Å². The van der Waals surface area contributed by atoms with Crippen LogP contribution in [-0.2, 0) is 23.9 Å². The van der Waals surface area contributed by atoms with Crippen LogP contribution in [0, 0.1) is 5.92 Å². The molecule has 1 aromatic carbocycles. The lowest BCUT2D eigenvalue weighted by atomic mass is 9.83. The molecule has 13 heteroatoms. The summed E-state index contributed by atoms with van der Waals surface area (Å²) in [5.41, 5.74) is 0.872. The van der Waals surface area contributed by atoms with Gasteiger partial charge in [-0.15, -0.1) is 0 Å². The van der Waals surface area contributed by atoms with Crippen LogP contribution in [-0.4, -0.2) is 137 Å². The molecule has 13 nitrogen and oxygen atoms in total. The Hall–Kier alpha value is -3.71. The van der Waals surface area contributed by atoms with Gasteiger partial charge in [-0.3, -0.25) is 29.0 Å². The number of carboxylic acid groups (broad SMARTS) is 1. The third-order valence-electron chi connectivity index (χ3n) is 12.0. The maximum Gasteiger partial charge on any atom is 0.411 e. The van der Waals surface area contributed by atoms with Crippen molar-refractivity contribution in [1.29, 1.82) is 0 Å². The van der Waals surface area contributed by atoms with Gasteiger partial charge in [-0.05, 0) is 109 Å². The molecule has 0 aromatic heterocycles. The van der Waals surface area contributed by atoms with Gasteiger partial charge in [-0.1, -0.05) is 31.4 Å². The van der Waals surface area contributed by atoms with Crippen molar-refractivity contribution in [3.63, 3.8) is 0 Å². The first kappa shape index (κ1) is 40.9. The summed E-state index contributed by atoms with van der Waals surface area (Å²) in [6.45, 7) is 9.32. The highest BCUT2D eigenvalue weighted by atomic mass is 16.6. The molecule has 0 bridgehead atoms. The number of nitrogens with zero attached hydrogens (tertiary/aromatic N) is 4. The van der Waals surface area contributed by atoms with E-state index >= 15 is 0 Å². The molecule has 0 spiro atoms. The van der Waals surface area contributed by atoms with E-state index in [9.17, 15) is 24.0 Å². The third kappa shape index (κ3) is 11.7. The maximum absolute atomic E-state index is 14.2. The van der Waals surface area contributed by atoms with E-state index in [0.29, 0.717) is 31.7 Å². The molecule has 3 heterocycles. The van der Waals surface area contributed by atoms with Gasteiger partial charge in [0.2, 0.25) is 11.8 Å². The van der Waals surface area contributed by atoms with Gasteiger partial charge in [0.25, 0.3) is 5.91 Å². The van der Waals surface area contributed by atoms with Crippen molar-refractivity contribution in [2.24, 2.45) is 5.92 Å². The zero-order valence-electron chi connectivity index (χ0n) is 33.2. The summed E-state index contributed by atoms with van der Waals surface area (Å²) < 4.78 is 12.0. The molecule has 5 fully saturated rings. The van der Waals surface area contributed by atoms with E-state index in [1.807, 2.05) is 53.7 Å². The molecule has 2 N–H and O–H groups in total. The first-order valence-corrected chi connectivity index (χ1v) is 20.9. The van der Waals surface area contributed by atoms with Crippen molar-refractivity contribution >= 4 is 29.8 Å². The van der Waals surface area contributed by atoms with Crippen LogP contribution in [0.2, 0.25) is 0 Å².